The number of hydrogen-bond acceptors (Lipinski definition) is 4. The molecule has 25 heavy (non-hydrogen) atoms. The van der Waals surface area contributed by atoms with E-state index in [2.05, 4.69) is 24.2 Å². The van der Waals surface area contributed by atoms with E-state index in [1.54, 1.807) is 12.1 Å². The summed E-state index contributed by atoms with van der Waals surface area (Å²) in [4.78, 5) is 43.1. The molecule has 0 aliphatic carbocycles. The van der Waals surface area contributed by atoms with Crippen molar-refractivity contribution in [3.63, 3.8) is 0 Å². The predicted molar refractivity (Wildman–Crippen MR) is 96.1 cm³/mol. The molecule has 0 saturated carbocycles. The summed E-state index contributed by atoms with van der Waals surface area (Å²) in [6, 6.07) is 6.45. The summed E-state index contributed by atoms with van der Waals surface area (Å²) in [5.74, 6) is -1.95. The van der Waals surface area contributed by atoms with E-state index in [0.717, 1.165) is 17.0 Å². The molecule has 1 aliphatic heterocycles. The normalized spacial score (nSPS) is 18.6. The van der Waals surface area contributed by atoms with Gasteiger partial charge in [-0.15, -0.1) is 0 Å². The first-order valence-electron chi connectivity index (χ1n) is 8.39. The molecule has 1 aromatic carbocycles. The van der Waals surface area contributed by atoms with Gasteiger partial charge in [0.25, 0.3) is 5.91 Å². The van der Waals surface area contributed by atoms with Gasteiger partial charge in [0.15, 0.2) is 5.92 Å². The topological polar surface area (TPSA) is 83.3 Å². The number of aliphatic imine (C=N–C) groups is 1. The second kappa shape index (κ2) is 8.02. The summed E-state index contributed by atoms with van der Waals surface area (Å²) in [5, 5.41) is 2.23. The molecule has 1 aromatic rings. The van der Waals surface area contributed by atoms with Gasteiger partial charge in [0, 0.05) is 6.21 Å². The second-order valence-electron chi connectivity index (χ2n) is 6.70. The highest BCUT2D eigenvalue weighted by atomic mass is 16.2. The Morgan fingerprint density at radius 1 is 1.20 bits per heavy atom. The number of imide groups is 2. The van der Waals surface area contributed by atoms with Gasteiger partial charge in [0.05, 0.1) is 32.9 Å². The average molecular weight is 345 g/mol. The van der Waals surface area contributed by atoms with E-state index in [1.807, 2.05) is 26.2 Å². The first kappa shape index (κ1) is 18.8. The van der Waals surface area contributed by atoms with Crippen molar-refractivity contribution in [1.82, 2.24) is 5.32 Å². The molecule has 2 rings (SSSR count). The smallest absolute Gasteiger partial charge is 0.335 e. The number of quaternary nitrogens is 1. The van der Waals surface area contributed by atoms with E-state index in [1.165, 1.54) is 11.1 Å². The lowest BCUT2D eigenvalue weighted by Crippen LogP contribution is -3.06. The van der Waals surface area contributed by atoms with Crippen molar-refractivity contribution in [3.05, 3.63) is 29.8 Å². The van der Waals surface area contributed by atoms with Crippen LogP contribution in [0.2, 0.25) is 0 Å². The fraction of sp³-hybridized carbons (Fsp3) is 0.444. The van der Waals surface area contributed by atoms with E-state index >= 15 is 0 Å². The zero-order valence-corrected chi connectivity index (χ0v) is 15.1. The minimum atomic E-state index is -1.08. The van der Waals surface area contributed by atoms with Gasteiger partial charge in [-0.05, 0) is 23.6 Å². The Labute approximate surface area is 147 Å². The van der Waals surface area contributed by atoms with Crippen LogP contribution < -0.4 is 15.1 Å². The highest BCUT2D eigenvalue weighted by Gasteiger charge is 2.40. The summed E-state index contributed by atoms with van der Waals surface area (Å²) < 4.78 is 0. The highest BCUT2D eigenvalue weighted by Crippen LogP contribution is 2.23. The fourth-order valence-corrected chi connectivity index (χ4v) is 2.44. The molecule has 1 fully saturated rings. The van der Waals surface area contributed by atoms with Crippen LogP contribution in [0.3, 0.4) is 0 Å². The predicted octanol–water partition coefficient (Wildman–Crippen LogP) is 0.224. The van der Waals surface area contributed by atoms with E-state index < -0.39 is 23.8 Å². The van der Waals surface area contributed by atoms with Crippen LogP contribution in [0.1, 0.15) is 25.3 Å². The first-order valence-corrected chi connectivity index (χ1v) is 8.39. The maximum Gasteiger partial charge on any atom is 0.335 e. The lowest BCUT2D eigenvalue weighted by atomic mass is 10.0. The van der Waals surface area contributed by atoms with Gasteiger partial charge < -0.3 is 4.90 Å². The SMILES string of the molecule is CC(C)c1ccc(N2C(=O)NC(=O)[C@H](C=NCC[NH+](C)C)C2=O)cc1. The fourth-order valence-electron chi connectivity index (χ4n) is 2.44. The molecule has 7 heteroatoms. The summed E-state index contributed by atoms with van der Waals surface area (Å²) >= 11 is 0. The Balaban J connectivity index is 2.19. The van der Waals surface area contributed by atoms with E-state index in [9.17, 15) is 14.4 Å². The molecule has 4 amide bonds. The molecular formula is C18H25N4O3+. The molecular weight excluding hydrogens is 320 g/mol. The van der Waals surface area contributed by atoms with Crippen molar-refractivity contribution in [2.24, 2.45) is 10.9 Å². The Morgan fingerprint density at radius 3 is 2.40 bits per heavy atom. The summed E-state index contributed by atoms with van der Waals surface area (Å²) in [7, 11) is 3.99. The summed E-state index contributed by atoms with van der Waals surface area (Å²) in [6.45, 7) is 5.43. The molecule has 1 saturated heterocycles. The number of carbonyl (C=O) groups is 3. The Kier molecular flexibility index (Phi) is 6.03. The van der Waals surface area contributed by atoms with Crippen LogP contribution in [-0.2, 0) is 9.59 Å². The quantitative estimate of drug-likeness (QED) is 0.572. The first-order chi connectivity index (χ1) is 11.8. The maximum atomic E-state index is 12.6. The van der Waals surface area contributed by atoms with Gasteiger partial charge in [0.1, 0.15) is 0 Å². The van der Waals surface area contributed by atoms with Crippen molar-refractivity contribution in [2.75, 3.05) is 32.1 Å². The lowest BCUT2D eigenvalue weighted by molar-refractivity contribution is -0.856. The highest BCUT2D eigenvalue weighted by molar-refractivity contribution is 6.32. The van der Waals surface area contributed by atoms with Crippen molar-refractivity contribution in [1.29, 1.82) is 0 Å². The van der Waals surface area contributed by atoms with Crippen molar-refractivity contribution >= 4 is 29.7 Å². The van der Waals surface area contributed by atoms with Crippen LogP contribution in [0, 0.1) is 5.92 Å². The zero-order valence-electron chi connectivity index (χ0n) is 15.1. The van der Waals surface area contributed by atoms with E-state index in [4.69, 9.17) is 0 Å². The van der Waals surface area contributed by atoms with Gasteiger partial charge in [-0.1, -0.05) is 26.0 Å². The molecule has 134 valence electrons. The van der Waals surface area contributed by atoms with Crippen molar-refractivity contribution in [3.8, 4) is 0 Å². The maximum absolute atomic E-state index is 12.6. The molecule has 2 N–H and O–H groups in total. The molecule has 0 spiro atoms. The number of rotatable bonds is 6. The third-order valence-corrected chi connectivity index (χ3v) is 4.02. The molecule has 0 aromatic heterocycles. The molecule has 0 radical (unpaired) electrons. The number of carbonyl (C=O) groups excluding carboxylic acids is 3. The lowest BCUT2D eigenvalue weighted by Gasteiger charge is -2.28. The van der Waals surface area contributed by atoms with Crippen molar-refractivity contribution in [2.45, 2.75) is 19.8 Å². The molecule has 1 heterocycles. The van der Waals surface area contributed by atoms with E-state index in [-0.39, 0.29) is 0 Å². The van der Waals surface area contributed by atoms with Gasteiger partial charge in [-0.2, -0.15) is 0 Å². The number of barbiturate groups is 1. The largest absolute Gasteiger partial charge is 0.338 e. The summed E-state index contributed by atoms with van der Waals surface area (Å²) in [6.07, 6.45) is 1.34. The molecule has 0 bridgehead atoms. The minimum Gasteiger partial charge on any atom is -0.338 e. The van der Waals surface area contributed by atoms with Gasteiger partial charge in [-0.3, -0.25) is 19.9 Å². The number of amides is 4. The Morgan fingerprint density at radius 2 is 1.84 bits per heavy atom. The zero-order chi connectivity index (χ0) is 18.6. The van der Waals surface area contributed by atoms with Crippen LogP contribution in [-0.4, -0.2) is 51.2 Å². The molecule has 7 nitrogen and oxygen atoms in total. The minimum absolute atomic E-state index is 0.347. The Hall–Kier alpha value is -2.54. The van der Waals surface area contributed by atoms with Crippen molar-refractivity contribution < 1.29 is 19.3 Å². The van der Waals surface area contributed by atoms with Gasteiger partial charge in [0.2, 0.25) is 5.91 Å². The third-order valence-electron chi connectivity index (χ3n) is 4.02. The van der Waals surface area contributed by atoms with E-state index in [0.29, 0.717) is 18.2 Å². The number of likely N-dealkylation sites (N-methyl/N-ethyl adjacent to an activating group) is 1. The van der Waals surface area contributed by atoms with Crippen LogP contribution in [0.4, 0.5) is 10.5 Å². The molecule has 1 aliphatic rings. The van der Waals surface area contributed by atoms with Crippen LogP contribution in [0.15, 0.2) is 29.3 Å². The number of benzene rings is 1. The number of urea groups is 1. The van der Waals surface area contributed by atoms with Gasteiger partial charge >= 0.3 is 6.03 Å². The number of nitrogens with one attached hydrogen (secondary N) is 2. The third kappa shape index (κ3) is 4.51. The van der Waals surface area contributed by atoms with Gasteiger partial charge in [-0.25, -0.2) is 9.69 Å². The number of nitrogens with zero attached hydrogens (tertiary/aromatic N) is 2. The molecule has 1 atom stereocenters. The molecule has 0 unspecified atom stereocenters. The monoisotopic (exact) mass is 345 g/mol. The number of anilines is 1. The standard InChI is InChI=1S/C18H24N4O3/c1-12(2)13-5-7-14(8-6-13)22-17(24)15(16(23)20-18(22)25)11-19-9-10-21(3)4/h5-8,11-12,15H,9-10H2,1-4H3,(H,20,23,25)/p+1/t15-/m0/s1. The van der Waals surface area contributed by atoms with Crippen LogP contribution in [0.25, 0.3) is 0 Å². The van der Waals surface area contributed by atoms with Crippen LogP contribution in [0.5, 0.6) is 0 Å². The average Bonchev–Trinajstić information content (AvgIpc) is 2.53. The Bertz CT molecular complexity index is 680. The second-order valence-corrected chi connectivity index (χ2v) is 6.70. The number of hydrogen-bond donors (Lipinski definition) is 2. The van der Waals surface area contributed by atoms with Crippen LogP contribution >= 0.6 is 0 Å². The summed E-state index contributed by atoms with van der Waals surface area (Å²) in [5.41, 5.74) is 1.55.